The quantitative estimate of drug-likeness (QED) is 0.857. The molecule has 5 heteroatoms. The lowest BCUT2D eigenvalue weighted by molar-refractivity contribution is -0.275. The molecule has 0 saturated heterocycles. The summed E-state index contributed by atoms with van der Waals surface area (Å²) in [7, 11) is 0. The normalized spacial score (nSPS) is 13.5. The van der Waals surface area contributed by atoms with Crippen LogP contribution in [0.3, 0.4) is 0 Å². The van der Waals surface area contributed by atoms with Crippen molar-refractivity contribution in [2.24, 2.45) is 0 Å². The van der Waals surface area contributed by atoms with E-state index in [0.717, 1.165) is 0 Å². The van der Waals surface area contributed by atoms with Crippen molar-refractivity contribution in [3.8, 4) is 5.75 Å². The third-order valence-corrected chi connectivity index (χ3v) is 2.38. The molecule has 0 heterocycles. The lowest BCUT2D eigenvalue weighted by Crippen LogP contribution is -2.23. The number of alkyl halides is 3. The van der Waals surface area contributed by atoms with E-state index in [1.165, 1.54) is 12.1 Å². The molecular formula is C12H16F3NO. The zero-order valence-corrected chi connectivity index (χ0v) is 9.84. The molecule has 0 spiro atoms. The standard InChI is InChI=1S/C12H16F3NO/c1-3-10(16-4-2)9-7-5-6-8-11(9)17-12(13,14)15/h5-8,10,16H,3-4H2,1-2H3. The fourth-order valence-corrected chi connectivity index (χ4v) is 1.71. The average Bonchev–Trinajstić information content (AvgIpc) is 2.25. The highest BCUT2D eigenvalue weighted by molar-refractivity contribution is 5.36. The van der Waals surface area contributed by atoms with Gasteiger partial charge in [-0.2, -0.15) is 0 Å². The molecule has 0 saturated carbocycles. The summed E-state index contributed by atoms with van der Waals surface area (Å²) >= 11 is 0. The van der Waals surface area contributed by atoms with Crippen molar-refractivity contribution in [2.75, 3.05) is 6.54 Å². The zero-order chi connectivity index (χ0) is 12.9. The minimum Gasteiger partial charge on any atom is -0.405 e. The summed E-state index contributed by atoms with van der Waals surface area (Å²) < 4.78 is 40.7. The molecule has 1 unspecified atom stereocenters. The molecule has 0 radical (unpaired) electrons. The smallest absolute Gasteiger partial charge is 0.405 e. The monoisotopic (exact) mass is 247 g/mol. The van der Waals surface area contributed by atoms with Gasteiger partial charge in [-0.1, -0.05) is 32.0 Å². The predicted octanol–water partition coefficient (Wildman–Crippen LogP) is 3.65. The van der Waals surface area contributed by atoms with Crippen LogP contribution in [0.4, 0.5) is 13.2 Å². The second-order valence-electron chi connectivity index (χ2n) is 3.60. The van der Waals surface area contributed by atoms with Crippen molar-refractivity contribution in [1.82, 2.24) is 5.32 Å². The van der Waals surface area contributed by atoms with E-state index in [1.807, 2.05) is 13.8 Å². The van der Waals surface area contributed by atoms with Crippen LogP contribution in [-0.2, 0) is 0 Å². The Morgan fingerprint density at radius 3 is 2.41 bits per heavy atom. The first kappa shape index (κ1) is 13.8. The SMILES string of the molecule is CCNC(CC)c1ccccc1OC(F)(F)F. The lowest BCUT2D eigenvalue weighted by atomic mass is 10.0. The predicted molar refractivity (Wildman–Crippen MR) is 59.8 cm³/mol. The molecule has 1 atom stereocenters. The Morgan fingerprint density at radius 1 is 1.24 bits per heavy atom. The number of hydrogen-bond acceptors (Lipinski definition) is 2. The molecule has 1 aromatic rings. The van der Waals surface area contributed by atoms with Gasteiger partial charge in [0.05, 0.1) is 0 Å². The first-order valence-corrected chi connectivity index (χ1v) is 5.56. The molecule has 0 aliphatic carbocycles. The van der Waals surface area contributed by atoms with Gasteiger partial charge in [-0.05, 0) is 19.0 Å². The maximum absolute atomic E-state index is 12.2. The Labute approximate surface area is 98.8 Å². The van der Waals surface area contributed by atoms with Crippen molar-refractivity contribution in [2.45, 2.75) is 32.7 Å². The van der Waals surface area contributed by atoms with Crippen molar-refractivity contribution in [1.29, 1.82) is 0 Å². The van der Waals surface area contributed by atoms with E-state index in [0.29, 0.717) is 18.5 Å². The first-order chi connectivity index (χ1) is 7.98. The topological polar surface area (TPSA) is 21.3 Å². The minimum absolute atomic E-state index is 0.126. The van der Waals surface area contributed by atoms with E-state index >= 15 is 0 Å². The summed E-state index contributed by atoms with van der Waals surface area (Å²) in [5.41, 5.74) is 0.536. The number of para-hydroxylation sites is 1. The van der Waals surface area contributed by atoms with Crippen LogP contribution in [-0.4, -0.2) is 12.9 Å². The van der Waals surface area contributed by atoms with E-state index in [9.17, 15) is 13.2 Å². The van der Waals surface area contributed by atoms with E-state index in [-0.39, 0.29) is 11.8 Å². The molecule has 0 aliphatic heterocycles. The van der Waals surface area contributed by atoms with Gasteiger partial charge in [0.1, 0.15) is 5.75 Å². The number of rotatable bonds is 5. The maximum Gasteiger partial charge on any atom is 0.573 e. The average molecular weight is 247 g/mol. The molecule has 2 nitrogen and oxygen atoms in total. The van der Waals surface area contributed by atoms with Gasteiger partial charge < -0.3 is 10.1 Å². The fraction of sp³-hybridized carbons (Fsp3) is 0.500. The second kappa shape index (κ2) is 5.91. The van der Waals surface area contributed by atoms with Gasteiger partial charge in [-0.15, -0.1) is 13.2 Å². The summed E-state index contributed by atoms with van der Waals surface area (Å²) in [6.07, 6.45) is -3.95. The van der Waals surface area contributed by atoms with Crippen LogP contribution in [0.1, 0.15) is 31.9 Å². The molecule has 1 aromatic carbocycles. The van der Waals surface area contributed by atoms with Crippen molar-refractivity contribution in [3.63, 3.8) is 0 Å². The number of halogens is 3. The van der Waals surface area contributed by atoms with Crippen molar-refractivity contribution < 1.29 is 17.9 Å². The van der Waals surface area contributed by atoms with Crippen LogP contribution < -0.4 is 10.1 Å². The van der Waals surface area contributed by atoms with Gasteiger partial charge >= 0.3 is 6.36 Å². The third-order valence-electron chi connectivity index (χ3n) is 2.38. The largest absolute Gasteiger partial charge is 0.573 e. The Hall–Kier alpha value is -1.23. The Kier molecular flexibility index (Phi) is 4.81. The number of ether oxygens (including phenoxy) is 1. The summed E-state index contributed by atoms with van der Waals surface area (Å²) in [6.45, 7) is 4.52. The molecule has 96 valence electrons. The van der Waals surface area contributed by atoms with Gasteiger partial charge in [0, 0.05) is 11.6 Å². The highest BCUT2D eigenvalue weighted by atomic mass is 19.4. The molecule has 17 heavy (non-hydrogen) atoms. The molecular weight excluding hydrogens is 231 g/mol. The van der Waals surface area contributed by atoms with Crippen LogP contribution in [0.5, 0.6) is 5.75 Å². The summed E-state index contributed by atoms with van der Waals surface area (Å²) in [5.74, 6) is -0.132. The van der Waals surface area contributed by atoms with Crippen LogP contribution in [0, 0.1) is 0 Å². The highest BCUT2D eigenvalue weighted by Gasteiger charge is 2.32. The highest BCUT2D eigenvalue weighted by Crippen LogP contribution is 2.31. The Morgan fingerprint density at radius 2 is 1.88 bits per heavy atom. The van der Waals surface area contributed by atoms with Crippen molar-refractivity contribution >= 4 is 0 Å². The van der Waals surface area contributed by atoms with E-state index in [4.69, 9.17) is 0 Å². The van der Waals surface area contributed by atoms with Crippen LogP contribution in [0.2, 0.25) is 0 Å². The molecule has 1 N–H and O–H groups in total. The Bertz CT molecular complexity index is 352. The maximum atomic E-state index is 12.2. The third kappa shape index (κ3) is 4.26. The fourth-order valence-electron chi connectivity index (χ4n) is 1.71. The van der Waals surface area contributed by atoms with E-state index in [2.05, 4.69) is 10.1 Å². The van der Waals surface area contributed by atoms with E-state index < -0.39 is 6.36 Å². The first-order valence-electron chi connectivity index (χ1n) is 5.56. The Balaban J connectivity index is 2.97. The minimum atomic E-state index is -4.65. The summed E-state index contributed by atoms with van der Waals surface area (Å²) in [4.78, 5) is 0. The van der Waals surface area contributed by atoms with Gasteiger partial charge in [0.25, 0.3) is 0 Å². The van der Waals surface area contributed by atoms with Gasteiger partial charge in [0.2, 0.25) is 0 Å². The molecule has 0 fully saturated rings. The molecule has 1 rings (SSSR count). The molecule has 0 aromatic heterocycles. The molecule has 0 aliphatic rings. The number of hydrogen-bond donors (Lipinski definition) is 1. The second-order valence-corrected chi connectivity index (χ2v) is 3.60. The number of nitrogens with one attached hydrogen (secondary N) is 1. The van der Waals surface area contributed by atoms with Gasteiger partial charge in [-0.25, -0.2) is 0 Å². The van der Waals surface area contributed by atoms with Gasteiger partial charge in [0.15, 0.2) is 0 Å². The molecule has 0 bridgehead atoms. The van der Waals surface area contributed by atoms with Crippen LogP contribution in [0.25, 0.3) is 0 Å². The lowest BCUT2D eigenvalue weighted by Gasteiger charge is -2.20. The molecule has 0 amide bonds. The van der Waals surface area contributed by atoms with Crippen LogP contribution in [0.15, 0.2) is 24.3 Å². The van der Waals surface area contributed by atoms with Gasteiger partial charge in [-0.3, -0.25) is 0 Å². The number of benzene rings is 1. The van der Waals surface area contributed by atoms with Crippen LogP contribution >= 0.6 is 0 Å². The zero-order valence-electron chi connectivity index (χ0n) is 9.84. The summed E-state index contributed by atoms with van der Waals surface area (Å²) in [6, 6.07) is 6.10. The summed E-state index contributed by atoms with van der Waals surface area (Å²) in [5, 5.41) is 3.13. The van der Waals surface area contributed by atoms with E-state index in [1.54, 1.807) is 12.1 Å². The van der Waals surface area contributed by atoms with Crippen molar-refractivity contribution in [3.05, 3.63) is 29.8 Å².